The number of carbonyl (C=O) groups excluding carboxylic acids is 1. The number of nitrogens with one attached hydrogen (secondary N) is 1. The van der Waals surface area contributed by atoms with Gasteiger partial charge in [0.25, 0.3) is 0 Å². The molecule has 1 unspecified atom stereocenters. The zero-order valence-electron chi connectivity index (χ0n) is 12.0. The van der Waals surface area contributed by atoms with Crippen LogP contribution < -0.4 is 16.0 Å². The van der Waals surface area contributed by atoms with Gasteiger partial charge in [-0.15, -0.1) is 0 Å². The van der Waals surface area contributed by atoms with Crippen LogP contribution in [0.15, 0.2) is 24.3 Å². The largest absolute Gasteiger partial charge is 0.368 e. The molecule has 1 saturated heterocycles. The van der Waals surface area contributed by atoms with Crippen LogP contribution in [0.1, 0.15) is 19.3 Å². The highest BCUT2D eigenvalue weighted by Crippen LogP contribution is 2.30. The third-order valence-corrected chi connectivity index (χ3v) is 3.92. The Morgan fingerprint density at radius 1 is 1.33 bits per heavy atom. The molecule has 0 radical (unpaired) electrons. The van der Waals surface area contributed by atoms with Crippen LogP contribution >= 0.6 is 0 Å². The number of carbonyl (C=O) groups is 1. The Morgan fingerprint density at radius 3 is 2.95 bits per heavy atom. The molecule has 2 aromatic rings. The van der Waals surface area contributed by atoms with Crippen molar-refractivity contribution in [3.05, 3.63) is 24.3 Å². The molecule has 1 aliphatic heterocycles. The van der Waals surface area contributed by atoms with E-state index in [-0.39, 0.29) is 17.9 Å². The van der Waals surface area contributed by atoms with Crippen LogP contribution in [0.25, 0.3) is 10.9 Å². The summed E-state index contributed by atoms with van der Waals surface area (Å²) in [5.74, 6) is 1.02. The minimum atomic E-state index is -0.193. The Bertz CT molecular complexity index is 672. The average Bonchev–Trinajstić information content (AvgIpc) is 2.53. The van der Waals surface area contributed by atoms with Crippen molar-refractivity contribution < 1.29 is 4.79 Å². The molecule has 0 saturated carbocycles. The van der Waals surface area contributed by atoms with Gasteiger partial charge in [-0.1, -0.05) is 12.1 Å². The number of rotatable bonds is 2. The van der Waals surface area contributed by atoms with Crippen LogP contribution in [0.4, 0.5) is 11.8 Å². The van der Waals surface area contributed by atoms with Gasteiger partial charge >= 0.3 is 0 Å². The van der Waals surface area contributed by atoms with Gasteiger partial charge in [-0.25, -0.2) is 4.98 Å². The molecule has 2 heterocycles. The summed E-state index contributed by atoms with van der Waals surface area (Å²) >= 11 is 0. The molecule has 0 aliphatic carbocycles. The van der Waals surface area contributed by atoms with E-state index in [9.17, 15) is 4.79 Å². The summed E-state index contributed by atoms with van der Waals surface area (Å²) in [6.45, 7) is 0.804. The lowest BCUT2D eigenvalue weighted by atomic mass is 10.0. The summed E-state index contributed by atoms with van der Waals surface area (Å²) < 4.78 is 0. The SMILES string of the molecule is CNC(=O)C1CCCCN1c1nc(N)nc2ccccc12. The topological polar surface area (TPSA) is 84.1 Å². The highest BCUT2D eigenvalue weighted by atomic mass is 16.2. The Morgan fingerprint density at radius 2 is 2.14 bits per heavy atom. The predicted octanol–water partition coefficient (Wildman–Crippen LogP) is 1.32. The predicted molar refractivity (Wildman–Crippen MR) is 83.0 cm³/mol. The highest BCUT2D eigenvalue weighted by Gasteiger charge is 2.30. The van der Waals surface area contributed by atoms with Crippen LogP contribution in [-0.2, 0) is 4.79 Å². The van der Waals surface area contributed by atoms with E-state index in [1.54, 1.807) is 7.05 Å². The number of hydrogen-bond donors (Lipinski definition) is 2. The third-order valence-electron chi connectivity index (χ3n) is 3.92. The smallest absolute Gasteiger partial charge is 0.242 e. The van der Waals surface area contributed by atoms with Crippen molar-refractivity contribution in [2.24, 2.45) is 0 Å². The van der Waals surface area contributed by atoms with Gasteiger partial charge in [0.1, 0.15) is 11.9 Å². The molecule has 0 bridgehead atoms. The van der Waals surface area contributed by atoms with E-state index < -0.39 is 0 Å². The second-order valence-corrected chi connectivity index (χ2v) is 5.24. The first kappa shape index (κ1) is 13.6. The van der Waals surface area contributed by atoms with Crippen LogP contribution in [0.5, 0.6) is 0 Å². The van der Waals surface area contributed by atoms with Gasteiger partial charge in [0.15, 0.2) is 0 Å². The normalized spacial score (nSPS) is 18.7. The molecule has 1 aromatic heterocycles. The molecule has 1 fully saturated rings. The van der Waals surface area contributed by atoms with E-state index in [2.05, 4.69) is 20.2 Å². The van der Waals surface area contributed by atoms with Gasteiger partial charge in [0.2, 0.25) is 11.9 Å². The maximum atomic E-state index is 12.1. The Labute approximate surface area is 123 Å². The maximum Gasteiger partial charge on any atom is 0.242 e. The lowest BCUT2D eigenvalue weighted by molar-refractivity contribution is -0.122. The summed E-state index contributed by atoms with van der Waals surface area (Å²) in [6.07, 6.45) is 2.93. The standard InChI is InChI=1S/C15H19N5O/c1-17-14(21)12-8-4-5-9-20(12)13-10-6-2-3-7-11(10)18-15(16)19-13/h2-3,6-7,12H,4-5,8-9H2,1H3,(H,17,21)(H2,16,18,19). The van der Waals surface area contributed by atoms with Crippen molar-refractivity contribution in [3.8, 4) is 0 Å². The minimum Gasteiger partial charge on any atom is -0.368 e. The summed E-state index contributed by atoms with van der Waals surface area (Å²) in [5, 5.41) is 3.67. The second kappa shape index (κ2) is 5.55. The van der Waals surface area contributed by atoms with E-state index in [1.165, 1.54) is 0 Å². The number of fused-ring (bicyclic) bond motifs is 1. The average molecular weight is 285 g/mol. The zero-order valence-corrected chi connectivity index (χ0v) is 12.0. The quantitative estimate of drug-likeness (QED) is 0.869. The van der Waals surface area contributed by atoms with Crippen molar-refractivity contribution in [1.29, 1.82) is 0 Å². The molecule has 3 N–H and O–H groups in total. The Kier molecular flexibility index (Phi) is 3.60. The van der Waals surface area contributed by atoms with Crippen molar-refractivity contribution in [1.82, 2.24) is 15.3 Å². The lowest BCUT2D eigenvalue weighted by Gasteiger charge is -2.35. The monoisotopic (exact) mass is 285 g/mol. The molecule has 110 valence electrons. The molecule has 1 atom stereocenters. The fourth-order valence-electron chi connectivity index (χ4n) is 2.92. The van der Waals surface area contributed by atoms with Crippen molar-refractivity contribution in [3.63, 3.8) is 0 Å². The Balaban J connectivity index is 2.11. The molecular formula is C15H19N5O. The van der Waals surface area contributed by atoms with Crippen LogP contribution in [0, 0.1) is 0 Å². The van der Waals surface area contributed by atoms with Crippen LogP contribution in [0.3, 0.4) is 0 Å². The van der Waals surface area contributed by atoms with Gasteiger partial charge in [0.05, 0.1) is 5.52 Å². The lowest BCUT2D eigenvalue weighted by Crippen LogP contribution is -2.49. The molecule has 21 heavy (non-hydrogen) atoms. The van der Waals surface area contributed by atoms with Crippen LogP contribution in [0.2, 0.25) is 0 Å². The molecular weight excluding hydrogens is 266 g/mol. The molecule has 0 spiro atoms. The maximum absolute atomic E-state index is 12.1. The van der Waals surface area contributed by atoms with Crippen molar-refractivity contribution >= 4 is 28.6 Å². The summed E-state index contributed by atoms with van der Waals surface area (Å²) in [4.78, 5) is 22.9. The minimum absolute atomic E-state index is 0.0240. The van der Waals surface area contributed by atoms with Crippen LogP contribution in [-0.4, -0.2) is 35.5 Å². The van der Waals surface area contributed by atoms with Gasteiger partial charge in [-0.05, 0) is 31.4 Å². The first-order chi connectivity index (χ1) is 10.2. The molecule has 6 nitrogen and oxygen atoms in total. The molecule has 3 rings (SSSR count). The molecule has 6 heteroatoms. The number of anilines is 2. The third kappa shape index (κ3) is 2.49. The number of nitrogens with two attached hydrogens (primary N) is 1. The zero-order chi connectivity index (χ0) is 14.8. The number of para-hydroxylation sites is 1. The summed E-state index contributed by atoms with van der Waals surface area (Å²) in [5.41, 5.74) is 6.64. The van der Waals surface area contributed by atoms with E-state index in [4.69, 9.17) is 5.73 Å². The number of nitrogen functional groups attached to an aromatic ring is 1. The summed E-state index contributed by atoms with van der Waals surface area (Å²) in [6, 6.07) is 7.56. The number of hydrogen-bond acceptors (Lipinski definition) is 5. The van der Waals surface area contributed by atoms with Crippen molar-refractivity contribution in [2.75, 3.05) is 24.2 Å². The fraction of sp³-hybridized carbons (Fsp3) is 0.400. The molecule has 1 aliphatic rings. The van der Waals surface area contributed by atoms with Gasteiger partial charge < -0.3 is 16.0 Å². The summed E-state index contributed by atoms with van der Waals surface area (Å²) in [7, 11) is 1.67. The van der Waals surface area contributed by atoms with E-state index in [0.717, 1.165) is 42.5 Å². The van der Waals surface area contributed by atoms with Gasteiger partial charge in [0, 0.05) is 19.0 Å². The molecule has 1 aromatic carbocycles. The first-order valence-corrected chi connectivity index (χ1v) is 7.21. The molecule has 1 amide bonds. The van der Waals surface area contributed by atoms with Gasteiger partial charge in [-0.3, -0.25) is 4.79 Å². The van der Waals surface area contributed by atoms with Crippen molar-refractivity contribution in [2.45, 2.75) is 25.3 Å². The van der Waals surface area contributed by atoms with E-state index >= 15 is 0 Å². The first-order valence-electron chi connectivity index (χ1n) is 7.21. The number of piperidine rings is 1. The number of nitrogens with zero attached hydrogens (tertiary/aromatic N) is 3. The fourth-order valence-corrected chi connectivity index (χ4v) is 2.92. The number of amides is 1. The number of aromatic nitrogens is 2. The number of benzene rings is 1. The Hall–Kier alpha value is -2.37. The highest BCUT2D eigenvalue weighted by molar-refractivity contribution is 5.93. The number of likely N-dealkylation sites (N-methyl/N-ethyl adjacent to an activating group) is 1. The second-order valence-electron chi connectivity index (χ2n) is 5.24. The van der Waals surface area contributed by atoms with E-state index in [1.807, 2.05) is 24.3 Å². The van der Waals surface area contributed by atoms with Gasteiger partial charge in [-0.2, -0.15) is 4.98 Å². The van der Waals surface area contributed by atoms with E-state index in [0.29, 0.717) is 0 Å².